The summed E-state index contributed by atoms with van der Waals surface area (Å²) in [6, 6.07) is 0. The van der Waals surface area contributed by atoms with E-state index < -0.39 is 11.9 Å². The zero-order valence-electron chi connectivity index (χ0n) is 7.82. The minimum Gasteiger partial charge on any atom is -0.474 e. The number of carbonyl (C=O) groups excluding carboxylic acids is 1. The van der Waals surface area contributed by atoms with E-state index in [2.05, 4.69) is 6.92 Å². The molecule has 0 unspecified atom stereocenters. The van der Waals surface area contributed by atoms with Crippen molar-refractivity contribution in [2.75, 3.05) is 13.1 Å². The van der Waals surface area contributed by atoms with Crippen LogP contribution in [0.1, 0.15) is 26.2 Å². The summed E-state index contributed by atoms with van der Waals surface area (Å²) in [7, 11) is 0. The van der Waals surface area contributed by atoms with Gasteiger partial charge in [0.25, 0.3) is 0 Å². The van der Waals surface area contributed by atoms with Gasteiger partial charge in [0.05, 0.1) is 0 Å². The third-order valence-electron chi connectivity index (χ3n) is 2.66. The molecule has 13 heavy (non-hydrogen) atoms. The number of piperidine rings is 1. The third kappa shape index (κ3) is 2.44. The smallest absolute Gasteiger partial charge is 0.394 e. The van der Waals surface area contributed by atoms with Crippen molar-refractivity contribution in [1.29, 1.82) is 0 Å². The van der Waals surface area contributed by atoms with Gasteiger partial charge in [-0.2, -0.15) is 0 Å². The summed E-state index contributed by atoms with van der Waals surface area (Å²) >= 11 is 0. The van der Waals surface area contributed by atoms with Gasteiger partial charge in [-0.15, -0.1) is 0 Å². The van der Waals surface area contributed by atoms with Crippen LogP contribution in [0.15, 0.2) is 0 Å². The number of carboxylic acids is 1. The number of likely N-dealkylation sites (tertiary alicyclic amines) is 1. The first kappa shape index (κ1) is 10.0. The van der Waals surface area contributed by atoms with Gasteiger partial charge in [0.15, 0.2) is 0 Å². The summed E-state index contributed by atoms with van der Waals surface area (Å²) < 4.78 is 0. The lowest BCUT2D eigenvalue weighted by atomic mass is 9.94. The van der Waals surface area contributed by atoms with Crippen LogP contribution in [0, 0.1) is 5.92 Å². The van der Waals surface area contributed by atoms with Crippen LogP contribution in [0.5, 0.6) is 0 Å². The van der Waals surface area contributed by atoms with E-state index in [9.17, 15) is 9.59 Å². The second kappa shape index (κ2) is 4.25. The number of nitrogens with zero attached hydrogens (tertiary/aromatic N) is 1. The van der Waals surface area contributed by atoms with Gasteiger partial charge in [-0.3, -0.25) is 4.79 Å². The van der Waals surface area contributed by atoms with E-state index >= 15 is 0 Å². The average Bonchev–Trinajstić information content (AvgIpc) is 2.17. The van der Waals surface area contributed by atoms with Gasteiger partial charge < -0.3 is 10.0 Å². The summed E-state index contributed by atoms with van der Waals surface area (Å²) in [4.78, 5) is 22.8. The predicted octanol–water partition coefficient (Wildman–Crippen LogP) is 0.720. The Hall–Kier alpha value is -1.06. The molecule has 0 aliphatic carbocycles. The minimum atomic E-state index is -1.34. The molecule has 4 heteroatoms. The number of rotatable bonds is 1. The summed E-state index contributed by atoms with van der Waals surface area (Å²) in [5.41, 5.74) is 0. The molecule has 0 aromatic carbocycles. The van der Waals surface area contributed by atoms with Gasteiger partial charge in [-0.1, -0.05) is 13.3 Å². The molecule has 0 aromatic rings. The van der Waals surface area contributed by atoms with Gasteiger partial charge in [0.2, 0.25) is 0 Å². The number of carbonyl (C=O) groups is 2. The maximum Gasteiger partial charge on any atom is 0.394 e. The van der Waals surface area contributed by atoms with Gasteiger partial charge >= 0.3 is 11.9 Å². The Bertz CT molecular complexity index is 207. The fourth-order valence-corrected chi connectivity index (χ4v) is 1.68. The fraction of sp³-hybridized carbons (Fsp3) is 0.778. The molecule has 0 spiro atoms. The largest absolute Gasteiger partial charge is 0.474 e. The van der Waals surface area contributed by atoms with Crippen molar-refractivity contribution in [1.82, 2.24) is 4.90 Å². The lowest BCUT2D eigenvalue weighted by Crippen LogP contribution is -2.41. The second-order valence-electron chi connectivity index (χ2n) is 3.45. The number of carboxylic acid groups (broad SMARTS) is 1. The molecule has 0 atom stereocenters. The van der Waals surface area contributed by atoms with Crippen LogP contribution in [0.25, 0.3) is 0 Å². The Morgan fingerprint density at radius 3 is 2.31 bits per heavy atom. The first-order chi connectivity index (χ1) is 6.15. The molecule has 1 saturated heterocycles. The molecule has 1 rings (SSSR count). The predicted molar refractivity (Wildman–Crippen MR) is 47.2 cm³/mol. The van der Waals surface area contributed by atoms with Crippen LogP contribution in [0.4, 0.5) is 0 Å². The maximum absolute atomic E-state index is 11.0. The molecule has 0 saturated carbocycles. The quantitative estimate of drug-likeness (QED) is 0.612. The molecular formula is C9H15NO3. The number of aliphatic carboxylic acids is 1. The molecule has 4 nitrogen and oxygen atoms in total. The van der Waals surface area contributed by atoms with Crippen LogP contribution >= 0.6 is 0 Å². The Labute approximate surface area is 77.5 Å². The summed E-state index contributed by atoms with van der Waals surface area (Å²) in [6.45, 7) is 3.33. The Morgan fingerprint density at radius 2 is 1.92 bits per heavy atom. The summed E-state index contributed by atoms with van der Waals surface area (Å²) in [5, 5.41) is 8.47. The van der Waals surface area contributed by atoms with Crippen LogP contribution < -0.4 is 0 Å². The van der Waals surface area contributed by atoms with Crippen LogP contribution in [-0.4, -0.2) is 35.0 Å². The first-order valence-electron chi connectivity index (χ1n) is 4.67. The highest BCUT2D eigenvalue weighted by molar-refractivity contribution is 6.31. The second-order valence-corrected chi connectivity index (χ2v) is 3.45. The molecule has 0 aromatic heterocycles. The summed E-state index contributed by atoms with van der Waals surface area (Å²) in [6.07, 6.45) is 3.00. The van der Waals surface area contributed by atoms with E-state index in [4.69, 9.17) is 5.11 Å². The third-order valence-corrected chi connectivity index (χ3v) is 2.66. The highest BCUT2D eigenvalue weighted by atomic mass is 16.4. The number of hydrogen-bond acceptors (Lipinski definition) is 2. The normalized spacial score (nSPS) is 18.7. The van der Waals surface area contributed by atoms with E-state index in [1.807, 2.05) is 0 Å². The highest BCUT2D eigenvalue weighted by Gasteiger charge is 2.25. The monoisotopic (exact) mass is 185 g/mol. The van der Waals surface area contributed by atoms with E-state index in [1.165, 1.54) is 4.90 Å². The molecule has 1 amide bonds. The molecule has 1 aliphatic rings. The van der Waals surface area contributed by atoms with Gasteiger partial charge in [0, 0.05) is 13.1 Å². The Balaban J connectivity index is 2.41. The highest BCUT2D eigenvalue weighted by Crippen LogP contribution is 2.19. The standard InChI is InChI=1S/C9H15NO3/c1-2-7-3-5-10(6-4-7)8(11)9(12)13/h7H,2-6H2,1H3,(H,12,13). The average molecular weight is 185 g/mol. The SMILES string of the molecule is CCC1CCN(C(=O)C(=O)O)CC1. The molecule has 1 fully saturated rings. The molecule has 1 aliphatic heterocycles. The molecule has 1 heterocycles. The van der Waals surface area contributed by atoms with E-state index in [0.29, 0.717) is 19.0 Å². The van der Waals surface area contributed by atoms with Crippen molar-refractivity contribution in [3.8, 4) is 0 Å². The lowest BCUT2D eigenvalue weighted by Gasteiger charge is -2.30. The van der Waals surface area contributed by atoms with Crippen molar-refractivity contribution in [2.24, 2.45) is 5.92 Å². The first-order valence-corrected chi connectivity index (χ1v) is 4.67. The fourth-order valence-electron chi connectivity index (χ4n) is 1.68. The number of hydrogen-bond donors (Lipinski definition) is 1. The Morgan fingerprint density at radius 1 is 1.38 bits per heavy atom. The van der Waals surface area contributed by atoms with E-state index in [0.717, 1.165) is 19.3 Å². The molecular weight excluding hydrogens is 170 g/mol. The van der Waals surface area contributed by atoms with Crippen LogP contribution in [0.2, 0.25) is 0 Å². The number of amides is 1. The maximum atomic E-state index is 11.0. The van der Waals surface area contributed by atoms with Crippen molar-refractivity contribution in [3.63, 3.8) is 0 Å². The van der Waals surface area contributed by atoms with Gasteiger partial charge in [0.1, 0.15) is 0 Å². The molecule has 1 N–H and O–H groups in total. The molecule has 0 bridgehead atoms. The Kier molecular flexibility index (Phi) is 3.28. The van der Waals surface area contributed by atoms with Crippen LogP contribution in [-0.2, 0) is 9.59 Å². The van der Waals surface area contributed by atoms with E-state index in [-0.39, 0.29) is 0 Å². The zero-order chi connectivity index (χ0) is 9.84. The van der Waals surface area contributed by atoms with Crippen molar-refractivity contribution >= 4 is 11.9 Å². The van der Waals surface area contributed by atoms with E-state index in [1.54, 1.807) is 0 Å². The van der Waals surface area contributed by atoms with Gasteiger partial charge in [-0.05, 0) is 18.8 Å². The van der Waals surface area contributed by atoms with Crippen LogP contribution in [0.3, 0.4) is 0 Å². The van der Waals surface area contributed by atoms with Crippen molar-refractivity contribution in [3.05, 3.63) is 0 Å². The molecule has 74 valence electrons. The topological polar surface area (TPSA) is 57.6 Å². The van der Waals surface area contributed by atoms with Crippen molar-refractivity contribution in [2.45, 2.75) is 26.2 Å². The molecule has 0 radical (unpaired) electrons. The summed E-state index contributed by atoms with van der Waals surface area (Å²) in [5.74, 6) is -1.43. The zero-order valence-corrected chi connectivity index (χ0v) is 7.82. The van der Waals surface area contributed by atoms with Crippen molar-refractivity contribution < 1.29 is 14.7 Å². The minimum absolute atomic E-state index is 0.601. The lowest BCUT2D eigenvalue weighted by molar-refractivity contribution is -0.156. The van der Waals surface area contributed by atoms with Gasteiger partial charge in [-0.25, -0.2) is 4.79 Å².